The second kappa shape index (κ2) is 10.9. The molecule has 0 saturated carbocycles. The molecule has 1 aromatic carbocycles. The fourth-order valence-corrected chi connectivity index (χ4v) is 4.12. The number of nitriles is 1. The second-order valence-electron chi connectivity index (χ2n) is 7.13. The summed E-state index contributed by atoms with van der Waals surface area (Å²) in [4.78, 5) is 12.7. The number of ether oxygens (including phenoxy) is 1. The lowest BCUT2D eigenvalue weighted by atomic mass is 10.1. The van der Waals surface area contributed by atoms with E-state index in [4.69, 9.17) is 4.74 Å². The van der Waals surface area contributed by atoms with Crippen molar-refractivity contribution >= 4 is 34.2 Å². The smallest absolute Gasteiger partial charge is 0.227 e. The van der Waals surface area contributed by atoms with Crippen molar-refractivity contribution in [1.29, 1.82) is 5.26 Å². The normalized spacial score (nSPS) is 12.6. The molecule has 34 heavy (non-hydrogen) atoms. The van der Waals surface area contributed by atoms with Gasteiger partial charge in [-0.15, -0.1) is 0 Å². The zero-order chi connectivity index (χ0) is 23.9. The van der Waals surface area contributed by atoms with E-state index >= 15 is 0 Å². The third kappa shape index (κ3) is 6.18. The van der Waals surface area contributed by atoms with Gasteiger partial charge >= 0.3 is 0 Å². The first-order valence-corrected chi connectivity index (χ1v) is 12.8. The predicted molar refractivity (Wildman–Crippen MR) is 129 cm³/mol. The van der Waals surface area contributed by atoms with Crippen LogP contribution in [0.1, 0.15) is 12.5 Å². The van der Waals surface area contributed by atoms with E-state index in [1.807, 2.05) is 19.1 Å². The number of rotatable bonds is 10. The van der Waals surface area contributed by atoms with E-state index in [1.165, 1.54) is 18.1 Å². The van der Waals surface area contributed by atoms with E-state index in [0.717, 1.165) is 11.1 Å². The Labute approximate surface area is 202 Å². The van der Waals surface area contributed by atoms with Gasteiger partial charge < -0.3 is 10.1 Å². The molecule has 3 aromatic heterocycles. The van der Waals surface area contributed by atoms with Gasteiger partial charge in [-0.2, -0.15) is 15.5 Å². The van der Waals surface area contributed by atoms with Gasteiger partial charge in [0.1, 0.15) is 35.8 Å². The minimum absolute atomic E-state index is 0.208. The van der Waals surface area contributed by atoms with E-state index in [-0.39, 0.29) is 5.44 Å². The van der Waals surface area contributed by atoms with Gasteiger partial charge in [-0.05, 0) is 24.6 Å². The van der Waals surface area contributed by atoms with Gasteiger partial charge in [-0.25, -0.2) is 19.6 Å². The molecule has 0 bridgehead atoms. The van der Waals surface area contributed by atoms with Crippen molar-refractivity contribution in [2.75, 3.05) is 11.6 Å². The predicted octanol–water partition coefficient (Wildman–Crippen LogP) is 3.00. The van der Waals surface area contributed by atoms with Crippen LogP contribution in [0.5, 0.6) is 5.75 Å². The molecule has 4 aromatic rings. The third-order valence-electron chi connectivity index (χ3n) is 4.49. The SMILES string of the molecule is C[C@H](Oc1cc(-c2cnc(Nc3cnn(C[S@](C)=O)c3)nc2)ccc1C#N)SCn1cncn1. The summed E-state index contributed by atoms with van der Waals surface area (Å²) in [6.07, 6.45) is 11.5. The molecule has 11 nitrogen and oxygen atoms in total. The Morgan fingerprint density at radius 3 is 2.74 bits per heavy atom. The molecule has 0 spiro atoms. The van der Waals surface area contributed by atoms with E-state index in [9.17, 15) is 9.47 Å². The van der Waals surface area contributed by atoms with Crippen molar-refractivity contribution in [3.8, 4) is 22.9 Å². The summed E-state index contributed by atoms with van der Waals surface area (Å²) < 4.78 is 20.6. The van der Waals surface area contributed by atoms with Gasteiger partial charge in [-0.1, -0.05) is 17.8 Å². The first-order chi connectivity index (χ1) is 16.5. The number of thioether (sulfide) groups is 1. The fourth-order valence-electron chi connectivity index (χ4n) is 2.94. The van der Waals surface area contributed by atoms with Crippen LogP contribution < -0.4 is 10.1 Å². The van der Waals surface area contributed by atoms with E-state index in [0.29, 0.717) is 34.7 Å². The summed E-state index contributed by atoms with van der Waals surface area (Å²) in [5, 5.41) is 20.8. The monoisotopic (exact) mass is 495 g/mol. The molecule has 1 N–H and O–H groups in total. The van der Waals surface area contributed by atoms with Crippen molar-refractivity contribution in [1.82, 2.24) is 34.5 Å². The average Bonchev–Trinajstić information content (AvgIpc) is 3.50. The summed E-state index contributed by atoms with van der Waals surface area (Å²) in [5.41, 5.74) is 2.54. The molecule has 0 aliphatic rings. The van der Waals surface area contributed by atoms with Gasteiger partial charge in [0.05, 0.1) is 23.3 Å². The maximum atomic E-state index is 11.3. The number of anilines is 2. The highest BCUT2D eigenvalue weighted by Gasteiger charge is 2.12. The largest absolute Gasteiger partial charge is 0.479 e. The molecular weight excluding hydrogens is 474 g/mol. The third-order valence-corrected chi connectivity index (χ3v) is 6.10. The van der Waals surface area contributed by atoms with E-state index in [1.54, 1.807) is 52.8 Å². The van der Waals surface area contributed by atoms with Crippen molar-refractivity contribution in [3.63, 3.8) is 0 Å². The minimum atomic E-state index is -0.988. The standard InChI is InChI=1S/C21H21N9O2S2/c1-15(33-13-30-12-23-11-27-30)32-20-5-16(3-4-17(20)6-22)18-7-24-21(25-8-18)28-19-9-26-29(10-19)14-34(2)31/h3-5,7-12,15H,13-14H2,1-2H3,(H,24,25,28)/t15-,34+/m1/s1. The Morgan fingerprint density at radius 1 is 1.21 bits per heavy atom. The maximum absolute atomic E-state index is 11.3. The molecular formula is C21H21N9O2S2. The van der Waals surface area contributed by atoms with Crippen LogP contribution in [0.25, 0.3) is 11.1 Å². The topological polar surface area (TPSA) is 136 Å². The molecule has 174 valence electrons. The van der Waals surface area contributed by atoms with Gasteiger partial charge in [0.15, 0.2) is 0 Å². The first kappa shape index (κ1) is 23.4. The molecule has 13 heteroatoms. The van der Waals surface area contributed by atoms with E-state index < -0.39 is 10.8 Å². The highest BCUT2D eigenvalue weighted by molar-refractivity contribution is 7.98. The van der Waals surface area contributed by atoms with Gasteiger partial charge in [0, 0.05) is 41.2 Å². The van der Waals surface area contributed by atoms with Gasteiger partial charge in [0.25, 0.3) is 0 Å². The van der Waals surface area contributed by atoms with Crippen molar-refractivity contribution < 1.29 is 8.95 Å². The molecule has 0 fully saturated rings. The van der Waals surface area contributed by atoms with Gasteiger partial charge in [-0.3, -0.25) is 8.89 Å². The first-order valence-electron chi connectivity index (χ1n) is 10.1. The molecule has 0 aliphatic heterocycles. The summed E-state index contributed by atoms with van der Waals surface area (Å²) in [6.45, 7) is 1.92. The van der Waals surface area contributed by atoms with Gasteiger partial charge in [0.2, 0.25) is 5.95 Å². The van der Waals surface area contributed by atoms with Crippen LogP contribution in [0, 0.1) is 11.3 Å². The van der Waals surface area contributed by atoms with Crippen molar-refractivity contribution in [2.45, 2.75) is 24.1 Å². The molecule has 3 heterocycles. The molecule has 0 radical (unpaired) electrons. The van der Waals surface area contributed by atoms with Crippen molar-refractivity contribution in [2.24, 2.45) is 0 Å². The number of nitrogens with one attached hydrogen (secondary N) is 1. The highest BCUT2D eigenvalue weighted by Crippen LogP contribution is 2.29. The molecule has 4 rings (SSSR count). The molecule has 2 atom stereocenters. The quantitative estimate of drug-likeness (QED) is 0.327. The number of hydrogen-bond donors (Lipinski definition) is 1. The highest BCUT2D eigenvalue weighted by atomic mass is 32.2. The van der Waals surface area contributed by atoms with E-state index in [2.05, 4.69) is 36.5 Å². The Bertz CT molecular complexity index is 1300. The summed E-state index contributed by atoms with van der Waals surface area (Å²) in [7, 11) is -0.988. The van der Waals surface area contributed by atoms with Crippen LogP contribution in [0.15, 0.2) is 55.6 Å². The Hall–Kier alpha value is -3.76. The number of nitrogens with zero attached hydrogens (tertiary/aromatic N) is 8. The lowest BCUT2D eigenvalue weighted by Gasteiger charge is -2.16. The molecule has 0 saturated heterocycles. The number of aromatic nitrogens is 7. The maximum Gasteiger partial charge on any atom is 0.227 e. The Morgan fingerprint density at radius 2 is 2.03 bits per heavy atom. The van der Waals surface area contributed by atoms with Crippen LogP contribution in [0.2, 0.25) is 0 Å². The Kier molecular flexibility index (Phi) is 7.51. The summed E-state index contributed by atoms with van der Waals surface area (Å²) in [6, 6.07) is 7.53. The Balaban J connectivity index is 1.43. The summed E-state index contributed by atoms with van der Waals surface area (Å²) >= 11 is 1.53. The molecule has 0 aliphatic carbocycles. The van der Waals surface area contributed by atoms with Crippen molar-refractivity contribution in [3.05, 3.63) is 61.2 Å². The lowest BCUT2D eigenvalue weighted by Crippen LogP contribution is -2.10. The minimum Gasteiger partial charge on any atom is -0.479 e. The lowest BCUT2D eigenvalue weighted by molar-refractivity contribution is 0.306. The van der Waals surface area contributed by atoms with Crippen LogP contribution in [-0.4, -0.2) is 50.4 Å². The molecule has 0 amide bonds. The zero-order valence-electron chi connectivity index (χ0n) is 18.4. The second-order valence-corrected chi connectivity index (χ2v) is 9.79. The van der Waals surface area contributed by atoms with Crippen LogP contribution >= 0.6 is 11.8 Å². The van der Waals surface area contributed by atoms with Crippen LogP contribution in [0.4, 0.5) is 11.6 Å². The van der Waals surface area contributed by atoms with Crippen LogP contribution in [-0.2, 0) is 22.6 Å². The molecule has 0 unspecified atom stereocenters. The zero-order valence-corrected chi connectivity index (χ0v) is 20.0. The summed E-state index contributed by atoms with van der Waals surface area (Å²) in [5.74, 6) is 1.80. The fraction of sp³-hybridized carbons (Fsp3) is 0.238. The average molecular weight is 496 g/mol. The number of hydrogen-bond acceptors (Lipinski definition) is 10. The number of benzene rings is 1. The van der Waals surface area contributed by atoms with Crippen LogP contribution in [0.3, 0.4) is 0 Å².